The highest BCUT2D eigenvalue weighted by molar-refractivity contribution is 8.03. The molecular formula is C21H28O8PS+. The Labute approximate surface area is 186 Å². The third-order valence-corrected chi connectivity index (χ3v) is 7.05. The highest BCUT2D eigenvalue weighted by Crippen LogP contribution is 2.42. The van der Waals surface area contributed by atoms with Crippen LogP contribution in [0.4, 0.5) is 0 Å². The smallest absolute Gasteiger partial charge is 0.342 e. The predicted octanol–water partition coefficient (Wildman–Crippen LogP) is 3.64. The summed E-state index contributed by atoms with van der Waals surface area (Å²) in [5, 5.41) is 21.1. The maximum absolute atomic E-state index is 12.0. The Morgan fingerprint density at radius 3 is 2.71 bits per heavy atom. The Morgan fingerprint density at radius 2 is 2.10 bits per heavy atom. The zero-order chi connectivity index (χ0) is 23.1. The van der Waals surface area contributed by atoms with Gasteiger partial charge in [0.05, 0.1) is 14.2 Å². The van der Waals surface area contributed by atoms with Crippen molar-refractivity contribution in [3.8, 4) is 11.5 Å². The van der Waals surface area contributed by atoms with Crippen molar-refractivity contribution >= 4 is 32.1 Å². The number of carboxylic acid groups (broad SMARTS) is 1. The Balaban J connectivity index is 2.15. The van der Waals surface area contributed by atoms with Crippen LogP contribution >= 0.6 is 20.1 Å². The average Bonchev–Trinajstić information content (AvgIpc) is 3.13. The van der Waals surface area contributed by atoms with E-state index in [1.807, 2.05) is 19.9 Å². The van der Waals surface area contributed by atoms with Gasteiger partial charge < -0.3 is 19.7 Å². The molecule has 31 heavy (non-hydrogen) atoms. The first kappa shape index (κ1) is 25.2. The number of allylic oxidation sites excluding steroid dienone is 3. The normalized spacial score (nSPS) is 15.6. The minimum atomic E-state index is -1.86. The summed E-state index contributed by atoms with van der Waals surface area (Å²) < 4.78 is 15.3. The van der Waals surface area contributed by atoms with Crippen LogP contribution in [0.15, 0.2) is 23.1 Å². The van der Waals surface area contributed by atoms with Crippen LogP contribution in [0.25, 0.3) is 0 Å². The molecule has 2 atom stereocenters. The Hall–Kier alpha value is -2.06. The van der Waals surface area contributed by atoms with E-state index < -0.39 is 25.6 Å². The number of thioether (sulfide) groups is 1. The third-order valence-electron chi connectivity index (χ3n) is 4.95. The van der Waals surface area contributed by atoms with Gasteiger partial charge in [-0.15, -0.1) is 11.8 Å². The molecule has 170 valence electrons. The van der Waals surface area contributed by atoms with E-state index in [0.717, 1.165) is 22.9 Å². The number of ether oxygens (including phenoxy) is 2. The van der Waals surface area contributed by atoms with Crippen LogP contribution in [0.1, 0.15) is 40.4 Å². The van der Waals surface area contributed by atoms with E-state index in [9.17, 15) is 24.7 Å². The zero-order valence-electron chi connectivity index (χ0n) is 17.9. The van der Waals surface area contributed by atoms with Crippen molar-refractivity contribution in [2.24, 2.45) is 0 Å². The molecule has 1 aliphatic rings. The number of aromatic hydroxyl groups is 1. The molecule has 3 N–H and O–H groups in total. The Morgan fingerprint density at radius 1 is 1.39 bits per heavy atom. The van der Waals surface area contributed by atoms with Gasteiger partial charge >= 0.3 is 11.9 Å². The summed E-state index contributed by atoms with van der Waals surface area (Å²) in [5.41, 5.74) is 2.82. The lowest BCUT2D eigenvalue weighted by molar-refractivity contribution is -0.136. The fourth-order valence-corrected chi connectivity index (χ4v) is 4.79. The lowest BCUT2D eigenvalue weighted by Gasteiger charge is -2.16. The van der Waals surface area contributed by atoms with Crippen molar-refractivity contribution in [3.63, 3.8) is 0 Å². The number of phenols is 1. The highest BCUT2D eigenvalue weighted by atomic mass is 32.2. The molecule has 0 aromatic heterocycles. The summed E-state index contributed by atoms with van der Waals surface area (Å²) in [7, 11) is 1.07. The number of carbonyl (C=O) groups excluding carboxylic acids is 1. The van der Waals surface area contributed by atoms with Gasteiger partial charge in [-0.1, -0.05) is 11.6 Å². The van der Waals surface area contributed by atoms with Crippen molar-refractivity contribution in [1.29, 1.82) is 0 Å². The fraction of sp³-hybridized carbons (Fsp3) is 0.429. The summed E-state index contributed by atoms with van der Waals surface area (Å²) in [6.07, 6.45) is 4.46. The van der Waals surface area contributed by atoms with Crippen LogP contribution in [-0.4, -0.2) is 52.7 Å². The number of hydrogen-bond acceptors (Lipinski definition) is 8. The molecule has 1 aromatic rings. The standard InChI is InChI=1S/C21H27O8PS/c1-12(10-16(20(23)24)31-9-5-8-30(26)28-4)6-7-14-18(22)17-15(11-29-21(17)25)13(2)19(14)27-3/h5-6,9,16,22,26H,7-8,10-11H2,1-4H3,(H,23,24)/p+1/b9-5+,12-6+. The molecule has 2 unspecified atom stereocenters. The molecular weight excluding hydrogens is 443 g/mol. The molecule has 0 saturated heterocycles. The second-order valence-corrected chi connectivity index (χ2v) is 9.73. The molecule has 1 heterocycles. The van der Waals surface area contributed by atoms with Crippen LogP contribution < -0.4 is 4.74 Å². The van der Waals surface area contributed by atoms with Crippen LogP contribution in [0.2, 0.25) is 0 Å². The van der Waals surface area contributed by atoms with Crippen molar-refractivity contribution in [1.82, 2.24) is 0 Å². The number of hydrogen-bond donors (Lipinski definition) is 3. The van der Waals surface area contributed by atoms with Gasteiger partial charge in [0.2, 0.25) is 0 Å². The number of esters is 1. The van der Waals surface area contributed by atoms with Crippen LogP contribution in [0, 0.1) is 6.92 Å². The average molecular weight is 471 g/mol. The van der Waals surface area contributed by atoms with Gasteiger partial charge in [-0.2, -0.15) is 0 Å². The van der Waals surface area contributed by atoms with Gasteiger partial charge in [0.1, 0.15) is 35.1 Å². The van der Waals surface area contributed by atoms with Crippen LogP contribution in [0.3, 0.4) is 0 Å². The van der Waals surface area contributed by atoms with Crippen LogP contribution in [-0.2, 0) is 27.1 Å². The molecule has 0 aliphatic carbocycles. The van der Waals surface area contributed by atoms with E-state index in [-0.39, 0.29) is 24.3 Å². The lowest BCUT2D eigenvalue weighted by atomic mass is 9.94. The van der Waals surface area contributed by atoms with Gasteiger partial charge in [0, 0.05) is 11.1 Å². The predicted molar refractivity (Wildman–Crippen MR) is 121 cm³/mol. The molecule has 0 bridgehead atoms. The number of cyclic esters (lactones) is 1. The maximum Gasteiger partial charge on any atom is 0.342 e. The summed E-state index contributed by atoms with van der Waals surface area (Å²) in [5.74, 6) is -1.17. The maximum atomic E-state index is 12.0. The van der Waals surface area contributed by atoms with Gasteiger partial charge in [-0.05, 0) is 43.7 Å². The number of carbonyl (C=O) groups is 2. The van der Waals surface area contributed by atoms with Crippen molar-refractivity contribution in [3.05, 3.63) is 45.4 Å². The second kappa shape index (κ2) is 11.5. The van der Waals surface area contributed by atoms with Crippen molar-refractivity contribution < 1.29 is 38.7 Å². The van der Waals surface area contributed by atoms with E-state index in [2.05, 4.69) is 0 Å². The zero-order valence-corrected chi connectivity index (χ0v) is 19.7. The van der Waals surface area contributed by atoms with E-state index in [4.69, 9.17) is 14.0 Å². The molecule has 0 spiro atoms. The summed E-state index contributed by atoms with van der Waals surface area (Å²) >= 11 is 1.16. The number of aliphatic carboxylic acids is 1. The van der Waals surface area contributed by atoms with Crippen molar-refractivity contribution in [2.75, 3.05) is 20.4 Å². The molecule has 0 fully saturated rings. The topological polar surface area (TPSA) is 123 Å². The molecule has 10 heteroatoms. The fourth-order valence-electron chi connectivity index (χ4n) is 3.26. The van der Waals surface area contributed by atoms with E-state index in [1.54, 1.807) is 11.5 Å². The SMILES string of the molecule is COc1c(C)c2c(c(O)c1C/C=C(\C)CC(S/C=C/C[PH+](O)OC)C(=O)O)C(=O)OC2. The molecule has 1 aromatic carbocycles. The first-order valence-corrected chi connectivity index (χ1v) is 12.1. The third kappa shape index (κ3) is 6.23. The van der Waals surface area contributed by atoms with Gasteiger partial charge in [-0.3, -0.25) is 4.79 Å². The number of benzene rings is 1. The summed E-state index contributed by atoms with van der Waals surface area (Å²) in [6, 6.07) is 0. The highest BCUT2D eigenvalue weighted by Gasteiger charge is 2.31. The first-order chi connectivity index (χ1) is 14.7. The Bertz CT molecular complexity index is 896. The summed E-state index contributed by atoms with van der Waals surface area (Å²) in [4.78, 5) is 33.0. The molecule has 0 radical (unpaired) electrons. The van der Waals surface area contributed by atoms with Crippen LogP contribution in [0.5, 0.6) is 11.5 Å². The number of fused-ring (bicyclic) bond motifs is 1. The van der Waals surface area contributed by atoms with E-state index >= 15 is 0 Å². The molecule has 0 amide bonds. The minimum absolute atomic E-state index is 0.104. The number of phenolic OH excluding ortho intramolecular Hbond substituents is 1. The van der Waals surface area contributed by atoms with Crippen molar-refractivity contribution in [2.45, 2.75) is 38.5 Å². The Kier molecular flexibility index (Phi) is 9.37. The minimum Gasteiger partial charge on any atom is -0.507 e. The van der Waals surface area contributed by atoms with Gasteiger partial charge in [0.15, 0.2) is 0 Å². The lowest BCUT2D eigenvalue weighted by Crippen LogP contribution is -2.16. The molecule has 0 saturated carbocycles. The first-order valence-electron chi connectivity index (χ1n) is 9.57. The molecule has 1 aliphatic heterocycles. The largest absolute Gasteiger partial charge is 0.507 e. The number of rotatable bonds is 11. The van der Waals surface area contributed by atoms with E-state index in [0.29, 0.717) is 29.5 Å². The number of carboxylic acids is 1. The quantitative estimate of drug-likeness (QED) is 0.252. The number of methoxy groups -OCH3 is 1. The molecule has 2 rings (SSSR count). The van der Waals surface area contributed by atoms with E-state index in [1.165, 1.54) is 14.2 Å². The molecule has 8 nitrogen and oxygen atoms in total. The second-order valence-electron chi connectivity index (χ2n) is 7.01. The monoisotopic (exact) mass is 471 g/mol. The van der Waals surface area contributed by atoms with Gasteiger partial charge in [-0.25, -0.2) is 14.2 Å². The summed E-state index contributed by atoms with van der Waals surface area (Å²) in [6.45, 7) is 3.73. The van der Waals surface area contributed by atoms with Gasteiger partial charge in [0.25, 0.3) is 8.38 Å².